The molecule has 8 nitrogen and oxygen atoms in total. The van der Waals surface area contributed by atoms with E-state index in [-0.39, 0.29) is 6.54 Å². The van der Waals surface area contributed by atoms with Crippen LogP contribution in [0.2, 0.25) is 0 Å². The van der Waals surface area contributed by atoms with Crippen LogP contribution in [0, 0.1) is 0 Å². The Balaban J connectivity index is 1.56. The molecule has 0 fully saturated rings. The largest absolute Gasteiger partial charge is 0.493 e. The van der Waals surface area contributed by atoms with E-state index < -0.39 is 0 Å². The van der Waals surface area contributed by atoms with E-state index in [0.717, 1.165) is 15.6 Å². The van der Waals surface area contributed by atoms with Crippen LogP contribution in [0.5, 0.6) is 5.75 Å². The molecule has 0 aliphatic rings. The monoisotopic (exact) mass is 426 g/mol. The lowest BCUT2D eigenvalue weighted by atomic mass is 10.2. The standard InChI is InChI=1S/C18H15BrN6O2/c1-2-26-15-9-8-13(19)10-14(15)18-20-16(27-23-18)11-25-22-17(21-24-25)12-6-4-3-5-7-12/h3-10H,2,11H2,1H3. The van der Waals surface area contributed by atoms with E-state index >= 15 is 0 Å². The van der Waals surface area contributed by atoms with Crippen LogP contribution >= 0.6 is 15.9 Å². The van der Waals surface area contributed by atoms with Gasteiger partial charge in [-0.05, 0) is 30.3 Å². The third-order valence-corrected chi connectivity index (χ3v) is 4.21. The van der Waals surface area contributed by atoms with Gasteiger partial charge in [0.25, 0.3) is 5.89 Å². The number of hydrogen-bond donors (Lipinski definition) is 0. The van der Waals surface area contributed by atoms with Crippen molar-refractivity contribution in [2.75, 3.05) is 6.61 Å². The third-order valence-electron chi connectivity index (χ3n) is 3.71. The SMILES string of the molecule is CCOc1ccc(Br)cc1-c1noc(Cn2nnc(-c3ccccc3)n2)n1. The van der Waals surface area contributed by atoms with Gasteiger partial charge in [-0.15, -0.1) is 10.2 Å². The molecule has 0 unspecified atom stereocenters. The first-order chi connectivity index (χ1) is 13.2. The highest BCUT2D eigenvalue weighted by Gasteiger charge is 2.16. The average molecular weight is 427 g/mol. The molecule has 2 aromatic heterocycles. The summed E-state index contributed by atoms with van der Waals surface area (Å²) in [7, 11) is 0. The summed E-state index contributed by atoms with van der Waals surface area (Å²) in [5, 5.41) is 16.5. The topological polar surface area (TPSA) is 91.8 Å². The van der Waals surface area contributed by atoms with Gasteiger partial charge in [-0.1, -0.05) is 51.4 Å². The number of aromatic nitrogens is 6. The van der Waals surface area contributed by atoms with Crippen molar-refractivity contribution < 1.29 is 9.26 Å². The summed E-state index contributed by atoms with van der Waals surface area (Å²) in [6.07, 6.45) is 0. The second-order valence-corrected chi connectivity index (χ2v) is 6.51. The molecule has 0 aliphatic carbocycles. The minimum absolute atomic E-state index is 0.227. The van der Waals surface area contributed by atoms with Crippen molar-refractivity contribution in [3.05, 3.63) is 58.9 Å². The van der Waals surface area contributed by atoms with E-state index in [1.807, 2.05) is 55.5 Å². The van der Waals surface area contributed by atoms with Crippen LogP contribution in [-0.2, 0) is 6.54 Å². The number of halogens is 1. The Bertz CT molecular complexity index is 1050. The van der Waals surface area contributed by atoms with Crippen LogP contribution < -0.4 is 4.74 Å². The fourth-order valence-electron chi connectivity index (χ4n) is 2.52. The normalized spacial score (nSPS) is 10.9. The van der Waals surface area contributed by atoms with Crippen LogP contribution in [0.25, 0.3) is 22.8 Å². The molecular formula is C18H15BrN6O2. The molecule has 136 valence electrons. The van der Waals surface area contributed by atoms with Gasteiger partial charge in [-0.3, -0.25) is 0 Å². The fourth-order valence-corrected chi connectivity index (χ4v) is 2.88. The lowest BCUT2D eigenvalue weighted by Crippen LogP contribution is -2.04. The number of tetrazole rings is 1. The first kappa shape index (κ1) is 17.3. The van der Waals surface area contributed by atoms with Crippen molar-refractivity contribution in [3.8, 4) is 28.5 Å². The highest BCUT2D eigenvalue weighted by Crippen LogP contribution is 2.31. The maximum absolute atomic E-state index is 5.64. The lowest BCUT2D eigenvalue weighted by molar-refractivity contribution is 0.340. The second-order valence-electron chi connectivity index (χ2n) is 5.59. The van der Waals surface area contributed by atoms with Gasteiger partial charge in [0.05, 0.1) is 12.2 Å². The van der Waals surface area contributed by atoms with Crippen molar-refractivity contribution in [1.29, 1.82) is 0 Å². The van der Waals surface area contributed by atoms with Crippen LogP contribution in [0.15, 0.2) is 57.5 Å². The van der Waals surface area contributed by atoms with E-state index in [9.17, 15) is 0 Å². The molecule has 0 N–H and O–H groups in total. The van der Waals surface area contributed by atoms with Gasteiger partial charge in [0.1, 0.15) is 12.3 Å². The maximum atomic E-state index is 5.64. The summed E-state index contributed by atoms with van der Waals surface area (Å²) in [5.74, 6) is 2.06. The maximum Gasteiger partial charge on any atom is 0.250 e. The van der Waals surface area contributed by atoms with Crippen molar-refractivity contribution in [2.45, 2.75) is 13.5 Å². The van der Waals surface area contributed by atoms with E-state index in [2.05, 4.69) is 41.5 Å². The Labute approximate surface area is 163 Å². The molecule has 2 heterocycles. The summed E-state index contributed by atoms with van der Waals surface area (Å²) >= 11 is 3.46. The zero-order valence-corrected chi connectivity index (χ0v) is 16.0. The number of nitrogens with zero attached hydrogens (tertiary/aromatic N) is 6. The predicted octanol–water partition coefficient (Wildman–Crippen LogP) is 3.60. The molecule has 0 spiro atoms. The van der Waals surface area contributed by atoms with Gasteiger partial charge in [0, 0.05) is 10.0 Å². The summed E-state index contributed by atoms with van der Waals surface area (Å²) in [5.41, 5.74) is 1.64. The average Bonchev–Trinajstić information content (AvgIpc) is 3.34. The highest BCUT2D eigenvalue weighted by atomic mass is 79.9. The van der Waals surface area contributed by atoms with E-state index in [1.54, 1.807) is 0 Å². The summed E-state index contributed by atoms with van der Waals surface area (Å²) < 4.78 is 11.9. The number of ether oxygens (including phenoxy) is 1. The van der Waals surface area contributed by atoms with Gasteiger partial charge in [0.2, 0.25) is 11.6 Å². The van der Waals surface area contributed by atoms with Crippen molar-refractivity contribution in [1.82, 2.24) is 30.3 Å². The summed E-state index contributed by atoms with van der Waals surface area (Å²) in [6, 6.07) is 15.3. The summed E-state index contributed by atoms with van der Waals surface area (Å²) in [6.45, 7) is 2.70. The first-order valence-electron chi connectivity index (χ1n) is 8.31. The Morgan fingerprint density at radius 1 is 1.11 bits per heavy atom. The molecule has 0 saturated heterocycles. The van der Waals surface area contributed by atoms with Crippen molar-refractivity contribution in [2.24, 2.45) is 0 Å². The first-order valence-corrected chi connectivity index (χ1v) is 9.11. The molecule has 0 bridgehead atoms. The Hall–Kier alpha value is -3.07. The molecule has 0 aliphatic heterocycles. The van der Waals surface area contributed by atoms with Gasteiger partial charge in [-0.25, -0.2) is 0 Å². The molecule has 4 rings (SSSR count). The Morgan fingerprint density at radius 2 is 1.96 bits per heavy atom. The molecule has 4 aromatic rings. The lowest BCUT2D eigenvalue weighted by Gasteiger charge is -2.07. The van der Waals surface area contributed by atoms with Crippen LogP contribution in [0.4, 0.5) is 0 Å². The molecular weight excluding hydrogens is 412 g/mol. The van der Waals surface area contributed by atoms with Crippen molar-refractivity contribution >= 4 is 15.9 Å². The van der Waals surface area contributed by atoms with E-state index in [1.165, 1.54) is 4.80 Å². The fraction of sp³-hybridized carbons (Fsp3) is 0.167. The van der Waals surface area contributed by atoms with Gasteiger partial charge in [-0.2, -0.15) is 9.78 Å². The third kappa shape index (κ3) is 3.87. The van der Waals surface area contributed by atoms with E-state index in [0.29, 0.717) is 29.9 Å². The molecule has 27 heavy (non-hydrogen) atoms. The van der Waals surface area contributed by atoms with Crippen LogP contribution in [0.1, 0.15) is 12.8 Å². The summed E-state index contributed by atoms with van der Waals surface area (Å²) in [4.78, 5) is 5.86. The minimum Gasteiger partial charge on any atom is -0.493 e. The van der Waals surface area contributed by atoms with Gasteiger partial charge < -0.3 is 9.26 Å². The molecule has 0 radical (unpaired) electrons. The quantitative estimate of drug-likeness (QED) is 0.464. The smallest absolute Gasteiger partial charge is 0.250 e. The Kier molecular flexibility index (Phi) is 4.93. The van der Waals surface area contributed by atoms with Gasteiger partial charge >= 0.3 is 0 Å². The molecule has 9 heteroatoms. The molecule has 0 atom stereocenters. The molecule has 0 saturated carbocycles. The second kappa shape index (κ2) is 7.67. The zero-order chi connectivity index (χ0) is 18.6. The van der Waals surface area contributed by atoms with Crippen LogP contribution in [-0.4, -0.2) is 37.0 Å². The number of hydrogen-bond acceptors (Lipinski definition) is 7. The Morgan fingerprint density at radius 3 is 2.78 bits per heavy atom. The van der Waals surface area contributed by atoms with Crippen LogP contribution in [0.3, 0.4) is 0 Å². The zero-order valence-electron chi connectivity index (χ0n) is 14.4. The highest BCUT2D eigenvalue weighted by molar-refractivity contribution is 9.10. The number of rotatable bonds is 6. The minimum atomic E-state index is 0.227. The van der Waals surface area contributed by atoms with E-state index in [4.69, 9.17) is 9.26 Å². The molecule has 2 aromatic carbocycles. The predicted molar refractivity (Wildman–Crippen MR) is 101 cm³/mol. The van der Waals surface area contributed by atoms with Crippen molar-refractivity contribution in [3.63, 3.8) is 0 Å². The molecule has 0 amide bonds. The number of benzene rings is 2. The van der Waals surface area contributed by atoms with Gasteiger partial charge in [0.15, 0.2) is 0 Å².